The number of hydrogen-bond acceptors (Lipinski definition) is 13. The Bertz CT molecular complexity index is 1170. The molecule has 2 saturated carbocycles. The molecule has 44 heavy (non-hydrogen) atoms. The number of nitrogens with zero attached hydrogens (tertiary/aromatic N) is 6. The molecule has 3 fully saturated rings. The highest BCUT2D eigenvalue weighted by molar-refractivity contribution is 8.01. The van der Waals surface area contributed by atoms with Gasteiger partial charge in [0.1, 0.15) is 22.7 Å². The van der Waals surface area contributed by atoms with Crippen LogP contribution in [0.2, 0.25) is 0 Å². The van der Waals surface area contributed by atoms with E-state index in [1.807, 2.05) is 19.0 Å². The van der Waals surface area contributed by atoms with Crippen molar-refractivity contribution in [2.75, 3.05) is 32.1 Å². The molecule has 2 aliphatic carbocycles. The van der Waals surface area contributed by atoms with E-state index in [1.54, 1.807) is 10.8 Å². The van der Waals surface area contributed by atoms with Crippen LogP contribution in [0.3, 0.4) is 0 Å². The van der Waals surface area contributed by atoms with Gasteiger partial charge in [0.15, 0.2) is 0 Å². The van der Waals surface area contributed by atoms with Crippen LogP contribution in [0, 0.1) is 5.92 Å². The second kappa shape index (κ2) is 16.7. The maximum absolute atomic E-state index is 13.5. The van der Waals surface area contributed by atoms with Crippen LogP contribution < -0.4 is 5.73 Å². The number of carbonyl (C=O) groups is 3. The Hall–Kier alpha value is -1.78. The van der Waals surface area contributed by atoms with Crippen LogP contribution in [0.25, 0.3) is 0 Å². The molecule has 2 N–H and O–H groups in total. The third-order valence-corrected chi connectivity index (χ3v) is 10.8. The van der Waals surface area contributed by atoms with Gasteiger partial charge >= 0.3 is 12.1 Å². The van der Waals surface area contributed by atoms with Crippen LogP contribution in [0.15, 0.2) is 16.9 Å². The van der Waals surface area contributed by atoms with Gasteiger partial charge in [0.05, 0.1) is 6.54 Å². The lowest BCUT2D eigenvalue weighted by molar-refractivity contribution is -0.185. The quantitative estimate of drug-likeness (QED) is 0.155. The number of β-lactam (4-membered cyclic amide) rings is 1. The van der Waals surface area contributed by atoms with Crippen LogP contribution >= 0.6 is 48.3 Å². The number of rotatable bonds is 11. The van der Waals surface area contributed by atoms with Gasteiger partial charge < -0.3 is 24.8 Å². The highest BCUT2D eigenvalue weighted by Crippen LogP contribution is 2.45. The average molecular weight is 697 g/mol. The molecule has 0 aromatic carbocycles. The predicted molar refractivity (Wildman–Crippen MR) is 171 cm³/mol. The molecule has 1 saturated heterocycles. The minimum atomic E-state index is -1.20. The monoisotopic (exact) mass is 695 g/mol. The number of tetrazole rings is 1. The Balaban J connectivity index is 0.00000264. The van der Waals surface area contributed by atoms with Gasteiger partial charge in [-0.05, 0) is 69.1 Å². The molecule has 1 aromatic heterocycles. The fraction of sp³-hybridized carbons (Fsp3) is 0.778. The summed E-state index contributed by atoms with van der Waals surface area (Å²) in [4.78, 5) is 43.1. The Kier molecular flexibility index (Phi) is 13.9. The molecule has 1 aromatic rings. The van der Waals surface area contributed by atoms with Crippen molar-refractivity contribution in [3.63, 3.8) is 0 Å². The van der Waals surface area contributed by atoms with Gasteiger partial charge in [0.2, 0.25) is 5.16 Å². The number of halogens is 2. The summed E-state index contributed by atoms with van der Waals surface area (Å²) >= 11 is 2.81. The second-order valence-electron chi connectivity index (χ2n) is 11.7. The Labute approximate surface area is 278 Å². The molecule has 1 unspecified atom stereocenters. The van der Waals surface area contributed by atoms with E-state index in [0.717, 1.165) is 70.8 Å². The summed E-state index contributed by atoms with van der Waals surface area (Å²) in [7, 11) is 3.94. The lowest BCUT2D eigenvalue weighted by Gasteiger charge is -2.54. The number of aromatic nitrogens is 4. The summed E-state index contributed by atoms with van der Waals surface area (Å²) < 4.78 is 18.7. The van der Waals surface area contributed by atoms with E-state index in [1.165, 1.54) is 28.4 Å². The van der Waals surface area contributed by atoms with Crippen LogP contribution in [-0.4, -0.2) is 103 Å². The van der Waals surface area contributed by atoms with E-state index in [4.69, 9.17) is 19.9 Å². The van der Waals surface area contributed by atoms with Crippen LogP contribution in [0.5, 0.6) is 0 Å². The predicted octanol–water partition coefficient (Wildman–Crippen LogP) is 3.60. The summed E-state index contributed by atoms with van der Waals surface area (Å²) in [6, 6.07) is 0. The van der Waals surface area contributed by atoms with Crippen molar-refractivity contribution in [1.82, 2.24) is 30.0 Å². The number of amides is 1. The van der Waals surface area contributed by atoms with Gasteiger partial charge in [0.25, 0.3) is 12.2 Å². The molecular weight excluding hydrogens is 653 g/mol. The molecule has 5 rings (SSSR count). The Morgan fingerprint density at radius 1 is 1.11 bits per heavy atom. The first-order valence-corrected chi connectivity index (χ1v) is 16.9. The Morgan fingerprint density at radius 3 is 2.48 bits per heavy atom. The first-order valence-electron chi connectivity index (χ1n) is 14.8. The highest BCUT2D eigenvalue weighted by Gasteiger charge is 2.62. The molecule has 3 heterocycles. The first kappa shape index (κ1) is 36.7. The third-order valence-electron chi connectivity index (χ3n) is 8.28. The zero-order valence-electron chi connectivity index (χ0n) is 25.1. The molecule has 17 heteroatoms. The van der Waals surface area contributed by atoms with Gasteiger partial charge in [0, 0.05) is 24.0 Å². The van der Waals surface area contributed by atoms with E-state index in [0.29, 0.717) is 17.5 Å². The fourth-order valence-corrected chi connectivity index (χ4v) is 8.24. The maximum atomic E-state index is 13.5. The largest absolute Gasteiger partial charge is 0.511 e. The summed E-state index contributed by atoms with van der Waals surface area (Å²) in [5.74, 6) is -0.439. The van der Waals surface area contributed by atoms with Crippen molar-refractivity contribution in [3.8, 4) is 0 Å². The zero-order valence-corrected chi connectivity index (χ0v) is 28.4. The molecule has 2 aliphatic heterocycles. The van der Waals surface area contributed by atoms with Crippen molar-refractivity contribution < 1.29 is 28.6 Å². The lowest BCUT2D eigenvalue weighted by atomic mass is 9.88. The number of esters is 1. The number of thioether (sulfide) groups is 2. The highest BCUT2D eigenvalue weighted by atomic mass is 35.5. The minimum Gasteiger partial charge on any atom is -0.431 e. The SMILES string of the molecule is CN(C)CCn1nnnc1SC[C@@]1(N)C(=O)N2C(C(=O)OC(OC(=O)OC3CCCCC3)C3CCCCC3)=CCS[C@H]21.Cl.Cl. The average Bonchev–Trinajstić information content (AvgIpc) is 3.46. The molecule has 248 valence electrons. The van der Waals surface area contributed by atoms with Gasteiger partial charge in [-0.1, -0.05) is 37.4 Å². The number of nitrogens with two attached hydrogens (primary N) is 1. The second-order valence-corrected chi connectivity index (χ2v) is 13.7. The van der Waals surface area contributed by atoms with Gasteiger partial charge in [-0.25, -0.2) is 14.3 Å². The van der Waals surface area contributed by atoms with E-state index < -0.39 is 29.3 Å². The number of carbonyl (C=O) groups excluding carboxylic acids is 3. The molecule has 4 aliphatic rings. The van der Waals surface area contributed by atoms with E-state index in [2.05, 4.69) is 15.5 Å². The van der Waals surface area contributed by atoms with E-state index in [9.17, 15) is 14.4 Å². The molecule has 0 spiro atoms. The van der Waals surface area contributed by atoms with Gasteiger partial charge in [-0.15, -0.1) is 41.7 Å². The van der Waals surface area contributed by atoms with Gasteiger partial charge in [-0.2, -0.15) is 0 Å². The van der Waals surface area contributed by atoms with Crippen LogP contribution in [0.4, 0.5) is 4.79 Å². The van der Waals surface area contributed by atoms with Crippen molar-refractivity contribution >= 4 is 66.4 Å². The molecular formula is C27H43Cl2N7O6S2. The summed E-state index contributed by atoms with van der Waals surface area (Å²) in [6.45, 7) is 1.37. The topological polar surface area (TPSA) is 155 Å². The number of fused-ring (bicyclic) bond motifs is 1. The smallest absolute Gasteiger partial charge is 0.431 e. The van der Waals surface area contributed by atoms with Crippen molar-refractivity contribution in [1.29, 1.82) is 0 Å². The van der Waals surface area contributed by atoms with Crippen LogP contribution in [0.1, 0.15) is 64.2 Å². The molecule has 13 nitrogen and oxygen atoms in total. The van der Waals surface area contributed by atoms with Crippen molar-refractivity contribution in [3.05, 3.63) is 11.8 Å². The first-order chi connectivity index (χ1) is 20.3. The third kappa shape index (κ3) is 8.52. The summed E-state index contributed by atoms with van der Waals surface area (Å²) in [6.07, 6.45) is 9.04. The minimum absolute atomic E-state index is 0. The maximum Gasteiger partial charge on any atom is 0.511 e. The number of ether oxygens (including phenoxy) is 3. The summed E-state index contributed by atoms with van der Waals surface area (Å²) in [5, 5.41) is 12.0. The number of likely N-dealkylation sites (N-methyl/N-ethyl adjacent to an activating group) is 1. The normalized spacial score (nSPS) is 24.6. The van der Waals surface area contributed by atoms with E-state index >= 15 is 0 Å². The fourth-order valence-electron chi connectivity index (χ4n) is 5.84. The molecule has 0 radical (unpaired) electrons. The molecule has 1 amide bonds. The molecule has 0 bridgehead atoms. The molecule has 3 atom stereocenters. The number of hydrogen-bond donors (Lipinski definition) is 1. The van der Waals surface area contributed by atoms with E-state index in [-0.39, 0.29) is 54.2 Å². The lowest BCUT2D eigenvalue weighted by Crippen LogP contribution is -2.79. The van der Waals surface area contributed by atoms with Crippen molar-refractivity contribution in [2.24, 2.45) is 11.7 Å². The zero-order chi connectivity index (χ0) is 29.7. The summed E-state index contributed by atoms with van der Waals surface area (Å²) in [5.41, 5.74) is 5.58. The standard InChI is InChI=1S/C27H41N7O6S2.2ClH/c1-32(2)14-15-33-25(29-30-31-33)42-17-27(28)23(36)34-20(13-16-41-24(27)34)21(35)39-22(18-9-5-3-6-10-18)40-26(37)38-19-11-7-4-8-12-19;;/h13,18-19,22,24H,3-12,14-17,28H2,1-2H3;2*1H/t22?,24-,27+;;/m0../s1. The van der Waals surface area contributed by atoms with Crippen LogP contribution in [-0.2, 0) is 30.3 Å². The van der Waals surface area contributed by atoms with Gasteiger partial charge in [-0.3, -0.25) is 9.69 Å². The Morgan fingerprint density at radius 2 is 1.80 bits per heavy atom. The van der Waals surface area contributed by atoms with Crippen molar-refractivity contribution in [2.45, 2.75) is 99.2 Å².